The van der Waals surface area contributed by atoms with Crippen molar-refractivity contribution in [1.82, 2.24) is 19.9 Å². The number of fused-ring (bicyclic) bond motifs is 2. The number of rotatable bonds is 6. The summed E-state index contributed by atoms with van der Waals surface area (Å²) in [6.07, 6.45) is 11.1. The summed E-state index contributed by atoms with van der Waals surface area (Å²) in [6.45, 7) is 0. The third-order valence-electron chi connectivity index (χ3n) is 9.16. The number of aliphatic imine (C=N–C) groups is 2. The van der Waals surface area contributed by atoms with Gasteiger partial charge in [-0.05, 0) is 59.7 Å². The van der Waals surface area contributed by atoms with Crippen LogP contribution >= 0.6 is 0 Å². The van der Waals surface area contributed by atoms with Gasteiger partial charge in [0, 0.05) is 81.7 Å². The van der Waals surface area contributed by atoms with Gasteiger partial charge in [-0.3, -0.25) is 19.9 Å². The van der Waals surface area contributed by atoms with E-state index in [1.165, 1.54) is 0 Å². The molecule has 4 aromatic heterocycles. The minimum atomic E-state index is 0.860. The number of benzene rings is 4. The molecule has 9 rings (SSSR count). The van der Waals surface area contributed by atoms with Crippen molar-refractivity contribution in [2.75, 3.05) is 0 Å². The lowest BCUT2D eigenvalue weighted by Gasteiger charge is -2.18. The summed E-state index contributed by atoms with van der Waals surface area (Å²) in [5, 5.41) is 0. The SMILES string of the molecule is c1ccc(-c2cncc(-c3ccc(/C4=N/c5ccccc5/C(c5ccc(-c6cncc(-c7ccccn7)c6)cc5)=N\c5ccccc54)cc3)c2)nc1. The summed E-state index contributed by atoms with van der Waals surface area (Å²) in [5.41, 5.74) is 15.3. The summed E-state index contributed by atoms with van der Waals surface area (Å²) in [6, 6.07) is 49.5. The van der Waals surface area contributed by atoms with E-state index in [0.717, 1.165) is 89.8 Å². The average Bonchev–Trinajstić information content (AvgIpc) is 3.22. The molecule has 4 aromatic carbocycles. The van der Waals surface area contributed by atoms with E-state index in [1.54, 1.807) is 12.4 Å². The van der Waals surface area contributed by atoms with Crippen LogP contribution in [0.15, 0.2) is 193 Å². The van der Waals surface area contributed by atoms with E-state index in [1.807, 2.05) is 85.5 Å². The number of nitrogens with zero attached hydrogens (tertiary/aromatic N) is 6. The second-order valence-electron chi connectivity index (χ2n) is 12.5. The van der Waals surface area contributed by atoms with Gasteiger partial charge in [-0.1, -0.05) is 97.1 Å². The third kappa shape index (κ3) is 6.10. The van der Waals surface area contributed by atoms with Crippen LogP contribution in [0.1, 0.15) is 22.3 Å². The molecular weight excluding hydrogens is 637 g/mol. The minimum absolute atomic E-state index is 0.860. The van der Waals surface area contributed by atoms with Crippen LogP contribution in [-0.2, 0) is 0 Å². The molecule has 1 aliphatic rings. The van der Waals surface area contributed by atoms with Gasteiger partial charge in [-0.2, -0.15) is 0 Å². The van der Waals surface area contributed by atoms with E-state index in [9.17, 15) is 0 Å². The van der Waals surface area contributed by atoms with Crippen LogP contribution in [0.5, 0.6) is 0 Å². The molecule has 0 N–H and O–H groups in total. The van der Waals surface area contributed by atoms with Gasteiger partial charge in [0.25, 0.3) is 0 Å². The zero-order valence-electron chi connectivity index (χ0n) is 28.0. The van der Waals surface area contributed by atoms with E-state index in [-0.39, 0.29) is 0 Å². The number of para-hydroxylation sites is 2. The van der Waals surface area contributed by atoms with Crippen molar-refractivity contribution in [3.05, 3.63) is 205 Å². The maximum atomic E-state index is 5.35. The van der Waals surface area contributed by atoms with Crippen molar-refractivity contribution in [3.8, 4) is 44.8 Å². The molecule has 0 bridgehead atoms. The Morgan fingerprint density at radius 1 is 0.308 bits per heavy atom. The van der Waals surface area contributed by atoms with E-state index in [4.69, 9.17) is 9.98 Å². The highest BCUT2D eigenvalue weighted by atomic mass is 14.8. The molecule has 0 radical (unpaired) electrons. The summed E-state index contributed by atoms with van der Waals surface area (Å²) in [4.78, 5) is 28.7. The van der Waals surface area contributed by atoms with Crippen LogP contribution in [0, 0.1) is 0 Å². The van der Waals surface area contributed by atoms with E-state index < -0.39 is 0 Å². The number of aromatic nitrogens is 4. The maximum Gasteiger partial charge on any atom is 0.0803 e. The smallest absolute Gasteiger partial charge is 0.0803 e. The Morgan fingerprint density at radius 3 is 1.12 bits per heavy atom. The largest absolute Gasteiger partial charge is 0.263 e. The standard InChI is InChI=1S/C46H30N6/c1-3-13-43-39(9-1)45(33-19-15-31(16-20-33)35-25-37(29-47-27-35)41-11-5-7-23-49-41)52-44-14-4-2-10-40(44)46(51-43)34-21-17-32(18-22-34)36-26-38(30-48-28-36)42-12-6-8-24-50-42/h1-30H/b45-39?,46-40?,51-43?,51-46-,52-44?,52-45-. The van der Waals surface area contributed by atoms with E-state index in [0.29, 0.717) is 0 Å². The Kier molecular flexibility index (Phi) is 8.08. The van der Waals surface area contributed by atoms with Crippen molar-refractivity contribution in [2.24, 2.45) is 9.98 Å². The van der Waals surface area contributed by atoms with Gasteiger partial charge in [-0.25, -0.2) is 9.98 Å². The van der Waals surface area contributed by atoms with E-state index >= 15 is 0 Å². The van der Waals surface area contributed by atoms with Crippen LogP contribution in [-0.4, -0.2) is 31.4 Å². The molecule has 0 spiro atoms. The normalized spacial score (nSPS) is 14.1. The van der Waals surface area contributed by atoms with Crippen molar-refractivity contribution < 1.29 is 0 Å². The summed E-state index contributed by atoms with van der Waals surface area (Å²) < 4.78 is 0. The van der Waals surface area contributed by atoms with Crippen LogP contribution in [0.2, 0.25) is 0 Å². The lowest BCUT2D eigenvalue weighted by molar-refractivity contribution is 1.28. The fraction of sp³-hybridized carbons (Fsp3) is 0. The lowest BCUT2D eigenvalue weighted by atomic mass is 9.94. The van der Waals surface area contributed by atoms with Gasteiger partial charge >= 0.3 is 0 Å². The van der Waals surface area contributed by atoms with Crippen LogP contribution < -0.4 is 0 Å². The van der Waals surface area contributed by atoms with Crippen LogP contribution in [0.4, 0.5) is 11.4 Å². The average molecular weight is 667 g/mol. The molecule has 52 heavy (non-hydrogen) atoms. The zero-order valence-corrected chi connectivity index (χ0v) is 28.0. The van der Waals surface area contributed by atoms with Gasteiger partial charge in [0.15, 0.2) is 0 Å². The molecule has 0 aliphatic carbocycles. The van der Waals surface area contributed by atoms with E-state index in [2.05, 4.69) is 105 Å². The third-order valence-corrected chi connectivity index (χ3v) is 9.16. The topological polar surface area (TPSA) is 76.3 Å². The van der Waals surface area contributed by atoms with Crippen molar-refractivity contribution in [3.63, 3.8) is 0 Å². The van der Waals surface area contributed by atoms with Gasteiger partial charge in [0.05, 0.1) is 34.2 Å². The first kappa shape index (κ1) is 30.8. The maximum absolute atomic E-state index is 5.35. The Balaban J connectivity index is 1.07. The summed E-state index contributed by atoms with van der Waals surface area (Å²) in [7, 11) is 0. The first-order valence-electron chi connectivity index (χ1n) is 17.1. The number of hydrogen-bond acceptors (Lipinski definition) is 6. The van der Waals surface area contributed by atoms with Gasteiger partial charge in [0.1, 0.15) is 0 Å². The molecule has 0 fully saturated rings. The monoisotopic (exact) mass is 666 g/mol. The highest BCUT2D eigenvalue weighted by Crippen LogP contribution is 2.34. The Hall–Kier alpha value is -7.18. The van der Waals surface area contributed by atoms with Crippen molar-refractivity contribution in [2.45, 2.75) is 0 Å². The van der Waals surface area contributed by atoms with Gasteiger partial charge in [0.2, 0.25) is 0 Å². The molecule has 1 aliphatic heterocycles. The Labute approximate surface area is 301 Å². The summed E-state index contributed by atoms with van der Waals surface area (Å²) in [5.74, 6) is 0. The second-order valence-corrected chi connectivity index (χ2v) is 12.5. The molecule has 0 saturated carbocycles. The van der Waals surface area contributed by atoms with Crippen molar-refractivity contribution in [1.29, 1.82) is 0 Å². The van der Waals surface area contributed by atoms with Gasteiger partial charge in [-0.15, -0.1) is 0 Å². The molecule has 0 amide bonds. The first-order chi connectivity index (χ1) is 25.8. The number of pyridine rings is 4. The quantitative estimate of drug-likeness (QED) is 0.177. The molecule has 0 saturated heterocycles. The molecule has 0 unspecified atom stereocenters. The zero-order chi connectivity index (χ0) is 34.7. The molecule has 8 aromatic rings. The Bertz CT molecular complexity index is 2410. The number of hydrogen-bond donors (Lipinski definition) is 0. The predicted octanol–water partition coefficient (Wildman–Crippen LogP) is 10.6. The molecule has 244 valence electrons. The fourth-order valence-corrected chi connectivity index (χ4v) is 6.53. The molecule has 6 nitrogen and oxygen atoms in total. The second kappa shape index (κ2) is 13.6. The molecule has 0 atom stereocenters. The molecule has 6 heteroatoms. The lowest BCUT2D eigenvalue weighted by Crippen LogP contribution is -2.10. The molecule has 5 heterocycles. The Morgan fingerprint density at radius 2 is 0.692 bits per heavy atom. The first-order valence-corrected chi connectivity index (χ1v) is 17.1. The summed E-state index contributed by atoms with van der Waals surface area (Å²) >= 11 is 0. The highest BCUT2D eigenvalue weighted by molar-refractivity contribution is 6.22. The molecular formula is C46H30N6. The fourth-order valence-electron chi connectivity index (χ4n) is 6.53. The highest BCUT2D eigenvalue weighted by Gasteiger charge is 2.20. The minimum Gasteiger partial charge on any atom is -0.263 e. The van der Waals surface area contributed by atoms with Crippen LogP contribution in [0.3, 0.4) is 0 Å². The van der Waals surface area contributed by atoms with Gasteiger partial charge < -0.3 is 0 Å². The van der Waals surface area contributed by atoms with Crippen molar-refractivity contribution >= 4 is 22.8 Å². The van der Waals surface area contributed by atoms with Crippen LogP contribution in [0.25, 0.3) is 44.8 Å². The predicted molar refractivity (Wildman–Crippen MR) is 209 cm³/mol.